The van der Waals surface area contributed by atoms with Crippen LogP contribution in [0.15, 0.2) is 22.6 Å². The zero-order valence-electron chi connectivity index (χ0n) is 8.24. The van der Waals surface area contributed by atoms with Crippen molar-refractivity contribution in [1.82, 2.24) is 4.98 Å². The summed E-state index contributed by atoms with van der Waals surface area (Å²) in [5, 5.41) is 0.618. The second-order valence-corrected chi connectivity index (χ2v) is 3.56. The maximum atomic E-state index is 5.83. The molecule has 1 aromatic carbocycles. The summed E-state index contributed by atoms with van der Waals surface area (Å²) in [6, 6.07) is 5.28. The van der Waals surface area contributed by atoms with Gasteiger partial charge in [0.15, 0.2) is 5.58 Å². The van der Waals surface area contributed by atoms with E-state index in [4.69, 9.17) is 26.5 Å². The van der Waals surface area contributed by atoms with E-state index in [0.29, 0.717) is 23.0 Å². The predicted molar refractivity (Wildman–Crippen MR) is 57.8 cm³/mol. The van der Waals surface area contributed by atoms with E-state index in [2.05, 4.69) is 4.98 Å². The van der Waals surface area contributed by atoms with Crippen molar-refractivity contribution in [1.29, 1.82) is 0 Å². The Hall–Kier alpha value is -1.10. The lowest BCUT2D eigenvalue weighted by Gasteiger charge is -2.06. The number of ether oxygens (including phenoxy) is 1. The molecule has 0 aliphatic carbocycles. The molecule has 5 heteroatoms. The van der Waals surface area contributed by atoms with Crippen LogP contribution in [0.3, 0.4) is 0 Å². The van der Waals surface area contributed by atoms with Crippen LogP contribution in [0.1, 0.15) is 12.0 Å². The SMILES string of the molecule is COC(CN)c1nc2ccc(Cl)cc2o1. The van der Waals surface area contributed by atoms with Gasteiger partial charge in [-0.1, -0.05) is 11.6 Å². The Morgan fingerprint density at radius 1 is 1.60 bits per heavy atom. The number of nitrogens with zero attached hydrogens (tertiary/aromatic N) is 1. The molecule has 2 aromatic rings. The Bertz CT molecular complexity index is 465. The van der Waals surface area contributed by atoms with Gasteiger partial charge in [-0.25, -0.2) is 4.98 Å². The first-order chi connectivity index (χ1) is 7.24. The van der Waals surface area contributed by atoms with Crippen molar-refractivity contribution in [3.63, 3.8) is 0 Å². The van der Waals surface area contributed by atoms with Crippen LogP contribution in [0.4, 0.5) is 0 Å². The smallest absolute Gasteiger partial charge is 0.225 e. The molecule has 0 saturated carbocycles. The minimum atomic E-state index is -0.309. The first-order valence-corrected chi connectivity index (χ1v) is 4.91. The van der Waals surface area contributed by atoms with E-state index >= 15 is 0 Å². The van der Waals surface area contributed by atoms with E-state index in [1.54, 1.807) is 25.3 Å². The maximum absolute atomic E-state index is 5.83. The minimum Gasteiger partial charge on any atom is -0.438 e. The molecular weight excluding hydrogens is 216 g/mol. The van der Waals surface area contributed by atoms with Gasteiger partial charge in [0.2, 0.25) is 5.89 Å². The first kappa shape index (κ1) is 10.4. The summed E-state index contributed by atoms with van der Waals surface area (Å²) in [6.45, 7) is 0.330. The predicted octanol–water partition coefficient (Wildman–Crippen LogP) is 2.13. The number of fused-ring (bicyclic) bond motifs is 1. The van der Waals surface area contributed by atoms with E-state index in [-0.39, 0.29) is 6.10 Å². The Labute approximate surface area is 92.0 Å². The number of hydrogen-bond acceptors (Lipinski definition) is 4. The second kappa shape index (κ2) is 4.18. The third kappa shape index (κ3) is 1.97. The third-order valence-electron chi connectivity index (χ3n) is 2.14. The number of aromatic nitrogens is 1. The van der Waals surface area contributed by atoms with Gasteiger partial charge in [0.1, 0.15) is 11.6 Å². The molecule has 1 atom stereocenters. The van der Waals surface area contributed by atoms with Gasteiger partial charge >= 0.3 is 0 Å². The highest BCUT2D eigenvalue weighted by Gasteiger charge is 2.15. The number of benzene rings is 1. The minimum absolute atomic E-state index is 0.309. The molecule has 0 saturated heterocycles. The van der Waals surface area contributed by atoms with Gasteiger partial charge in [0.25, 0.3) is 0 Å². The summed E-state index contributed by atoms with van der Waals surface area (Å²) in [5.41, 5.74) is 6.92. The normalized spacial score (nSPS) is 13.3. The van der Waals surface area contributed by atoms with Crippen LogP contribution in [0, 0.1) is 0 Å². The van der Waals surface area contributed by atoms with Crippen LogP contribution < -0.4 is 5.73 Å². The van der Waals surface area contributed by atoms with Gasteiger partial charge in [0.05, 0.1) is 0 Å². The fourth-order valence-electron chi connectivity index (χ4n) is 1.35. The summed E-state index contributed by atoms with van der Waals surface area (Å²) in [7, 11) is 1.57. The molecule has 2 N–H and O–H groups in total. The highest BCUT2D eigenvalue weighted by molar-refractivity contribution is 6.31. The number of rotatable bonds is 3. The Morgan fingerprint density at radius 3 is 3.07 bits per heavy atom. The summed E-state index contributed by atoms with van der Waals surface area (Å²) in [6.07, 6.45) is -0.309. The molecule has 1 heterocycles. The van der Waals surface area contributed by atoms with Crippen molar-refractivity contribution in [3.8, 4) is 0 Å². The third-order valence-corrected chi connectivity index (χ3v) is 2.38. The van der Waals surface area contributed by atoms with E-state index < -0.39 is 0 Å². The van der Waals surface area contributed by atoms with Crippen LogP contribution in [0.5, 0.6) is 0 Å². The molecule has 15 heavy (non-hydrogen) atoms. The molecule has 0 aliphatic rings. The molecule has 0 spiro atoms. The van der Waals surface area contributed by atoms with Crippen LogP contribution in [-0.2, 0) is 4.74 Å². The van der Waals surface area contributed by atoms with Crippen molar-refractivity contribution in [2.75, 3.05) is 13.7 Å². The van der Waals surface area contributed by atoms with Crippen LogP contribution in [0.2, 0.25) is 5.02 Å². The molecule has 0 bridgehead atoms. The Morgan fingerprint density at radius 2 is 2.40 bits per heavy atom. The molecule has 1 unspecified atom stereocenters. The van der Waals surface area contributed by atoms with Crippen LogP contribution >= 0.6 is 11.6 Å². The molecule has 0 fully saturated rings. The molecule has 0 aliphatic heterocycles. The van der Waals surface area contributed by atoms with Crippen LogP contribution in [0.25, 0.3) is 11.1 Å². The molecular formula is C10H11ClN2O2. The fraction of sp³-hybridized carbons (Fsp3) is 0.300. The molecule has 1 aromatic heterocycles. The van der Waals surface area contributed by atoms with Gasteiger partial charge in [-0.3, -0.25) is 0 Å². The number of hydrogen-bond donors (Lipinski definition) is 1. The van der Waals surface area contributed by atoms with Gasteiger partial charge in [-0.15, -0.1) is 0 Å². The average Bonchev–Trinajstić information content (AvgIpc) is 2.62. The molecule has 80 valence electrons. The maximum Gasteiger partial charge on any atom is 0.225 e. The van der Waals surface area contributed by atoms with Crippen molar-refractivity contribution in [2.45, 2.75) is 6.10 Å². The van der Waals surface area contributed by atoms with Gasteiger partial charge in [-0.2, -0.15) is 0 Å². The molecule has 2 rings (SSSR count). The summed E-state index contributed by atoms with van der Waals surface area (Å²) in [5.74, 6) is 0.484. The highest BCUT2D eigenvalue weighted by Crippen LogP contribution is 2.23. The average molecular weight is 227 g/mol. The monoisotopic (exact) mass is 226 g/mol. The topological polar surface area (TPSA) is 61.3 Å². The zero-order chi connectivity index (χ0) is 10.8. The van der Waals surface area contributed by atoms with Crippen molar-refractivity contribution in [2.24, 2.45) is 5.73 Å². The summed E-state index contributed by atoms with van der Waals surface area (Å²) < 4.78 is 10.6. The summed E-state index contributed by atoms with van der Waals surface area (Å²) in [4.78, 5) is 4.27. The number of halogens is 1. The lowest BCUT2D eigenvalue weighted by molar-refractivity contribution is 0.0878. The van der Waals surface area contributed by atoms with Crippen molar-refractivity contribution < 1.29 is 9.15 Å². The van der Waals surface area contributed by atoms with Crippen molar-refractivity contribution >= 4 is 22.7 Å². The number of nitrogens with two attached hydrogens (primary N) is 1. The molecule has 4 nitrogen and oxygen atoms in total. The molecule has 0 radical (unpaired) electrons. The number of oxazole rings is 1. The Kier molecular flexibility index (Phi) is 2.90. The Balaban J connectivity index is 2.46. The number of methoxy groups -OCH3 is 1. The van der Waals surface area contributed by atoms with E-state index in [0.717, 1.165) is 5.52 Å². The van der Waals surface area contributed by atoms with Crippen LogP contribution in [-0.4, -0.2) is 18.6 Å². The zero-order valence-corrected chi connectivity index (χ0v) is 8.99. The lowest BCUT2D eigenvalue weighted by Crippen LogP contribution is -2.14. The highest BCUT2D eigenvalue weighted by atomic mass is 35.5. The summed E-state index contributed by atoms with van der Waals surface area (Å²) >= 11 is 5.83. The van der Waals surface area contributed by atoms with E-state index in [1.165, 1.54) is 0 Å². The fourth-order valence-corrected chi connectivity index (χ4v) is 1.51. The van der Waals surface area contributed by atoms with Gasteiger partial charge in [0, 0.05) is 24.7 Å². The van der Waals surface area contributed by atoms with Gasteiger partial charge in [-0.05, 0) is 12.1 Å². The second-order valence-electron chi connectivity index (χ2n) is 3.12. The van der Waals surface area contributed by atoms with E-state index in [9.17, 15) is 0 Å². The lowest BCUT2D eigenvalue weighted by atomic mass is 10.3. The molecule has 0 amide bonds. The van der Waals surface area contributed by atoms with Crippen molar-refractivity contribution in [3.05, 3.63) is 29.1 Å². The van der Waals surface area contributed by atoms with E-state index in [1.807, 2.05) is 0 Å². The van der Waals surface area contributed by atoms with Gasteiger partial charge < -0.3 is 14.9 Å². The quantitative estimate of drug-likeness (QED) is 0.871. The standard InChI is InChI=1S/C10H11ClN2O2/c1-14-9(5-12)10-13-7-3-2-6(11)4-8(7)15-10/h2-4,9H,5,12H2,1H3. The largest absolute Gasteiger partial charge is 0.438 e. The first-order valence-electron chi connectivity index (χ1n) is 4.53.